The van der Waals surface area contributed by atoms with Crippen molar-refractivity contribution in [2.24, 2.45) is 5.92 Å². The number of nitrogens with one attached hydrogen (secondary N) is 2. The van der Waals surface area contributed by atoms with E-state index >= 15 is 0 Å². The highest BCUT2D eigenvalue weighted by Gasteiger charge is 2.20. The predicted molar refractivity (Wildman–Crippen MR) is 207 cm³/mol. The summed E-state index contributed by atoms with van der Waals surface area (Å²) in [5.74, 6) is 0.151. The zero-order valence-corrected chi connectivity index (χ0v) is 32.1. The fourth-order valence-corrected chi connectivity index (χ4v) is 6.75. The maximum absolute atomic E-state index is 13.0. The van der Waals surface area contributed by atoms with E-state index in [9.17, 15) is 14.4 Å². The van der Waals surface area contributed by atoms with Crippen LogP contribution in [0.4, 0.5) is 11.4 Å². The molecule has 280 valence electrons. The van der Waals surface area contributed by atoms with Crippen LogP contribution in [0.2, 0.25) is 0 Å². The Labute approximate surface area is 295 Å². The van der Waals surface area contributed by atoms with E-state index in [1.54, 1.807) is 7.05 Å². The second kappa shape index (κ2) is 31.1. The first-order chi connectivity index (χ1) is 23.5. The van der Waals surface area contributed by atoms with Crippen molar-refractivity contribution < 1.29 is 9.53 Å². The van der Waals surface area contributed by atoms with Gasteiger partial charge < -0.3 is 20.3 Å². The van der Waals surface area contributed by atoms with Gasteiger partial charge in [-0.25, -0.2) is 0 Å². The van der Waals surface area contributed by atoms with Crippen LogP contribution in [0.5, 0.6) is 0 Å². The summed E-state index contributed by atoms with van der Waals surface area (Å²) in [5.41, 5.74) is 0.0416. The molecule has 0 bridgehead atoms. The summed E-state index contributed by atoms with van der Waals surface area (Å²) >= 11 is 0. The van der Waals surface area contributed by atoms with Crippen LogP contribution >= 0.6 is 0 Å². The lowest BCUT2D eigenvalue weighted by atomic mass is 9.94. The van der Waals surface area contributed by atoms with Crippen molar-refractivity contribution in [1.82, 2.24) is 4.90 Å². The zero-order valence-electron chi connectivity index (χ0n) is 32.1. The molecule has 7 nitrogen and oxygen atoms in total. The largest absolute Gasteiger partial charge is 0.465 e. The predicted octanol–water partition coefficient (Wildman–Crippen LogP) is 10.4. The van der Waals surface area contributed by atoms with Gasteiger partial charge in [0.2, 0.25) is 0 Å². The Morgan fingerprint density at radius 2 is 0.979 bits per heavy atom. The molecule has 1 rings (SSSR count). The Kier molecular flexibility index (Phi) is 28.6. The molecular formula is C41H77N3O4. The van der Waals surface area contributed by atoms with Gasteiger partial charge in [-0.3, -0.25) is 14.4 Å². The first-order valence-electron chi connectivity index (χ1n) is 20.6. The normalized spacial score (nSPS) is 11.6. The Hall–Kier alpha value is -1.89. The van der Waals surface area contributed by atoms with Crippen LogP contribution < -0.4 is 21.5 Å². The molecule has 0 aromatic heterocycles. The van der Waals surface area contributed by atoms with Crippen molar-refractivity contribution in [2.75, 3.05) is 50.5 Å². The number of esters is 1. The molecule has 2 N–H and O–H groups in total. The van der Waals surface area contributed by atoms with Gasteiger partial charge in [-0.1, -0.05) is 149 Å². The lowest BCUT2D eigenvalue weighted by Gasteiger charge is -2.23. The second-order valence-electron chi connectivity index (χ2n) is 14.3. The fourth-order valence-electron chi connectivity index (χ4n) is 6.75. The summed E-state index contributed by atoms with van der Waals surface area (Å²) in [4.78, 5) is 39.1. The van der Waals surface area contributed by atoms with E-state index in [1.165, 1.54) is 122 Å². The number of unbranched alkanes of at least 4 members (excludes halogenated alkanes) is 19. The minimum atomic E-state index is -0.418. The third-order valence-corrected chi connectivity index (χ3v) is 9.95. The Balaban J connectivity index is 2.33. The summed E-state index contributed by atoms with van der Waals surface area (Å²) < 4.78 is 5.83. The molecule has 0 aliphatic carbocycles. The number of carbonyl (C=O) groups excluding carboxylic acids is 1. The van der Waals surface area contributed by atoms with Crippen molar-refractivity contribution in [3.8, 4) is 0 Å². The molecule has 1 aromatic carbocycles. The van der Waals surface area contributed by atoms with Gasteiger partial charge in [0.25, 0.3) is 10.9 Å². The number of rotatable bonds is 36. The SMILES string of the molecule is CCCCCCCCC(CCCCCCCC)C(=O)OCCCCCCCN(CCCCCCCC)CCCNc1c(NC)c(=O)c1=O. The third-order valence-electron chi connectivity index (χ3n) is 9.95. The van der Waals surface area contributed by atoms with Crippen molar-refractivity contribution in [3.05, 3.63) is 20.4 Å². The molecule has 0 amide bonds. The quantitative estimate of drug-likeness (QED) is 0.0416. The van der Waals surface area contributed by atoms with E-state index in [4.69, 9.17) is 4.74 Å². The fraction of sp³-hybridized carbons (Fsp3) is 0.878. The average Bonchev–Trinajstić information content (AvgIpc) is 3.09. The maximum atomic E-state index is 13.0. The number of carbonyl (C=O) groups is 1. The maximum Gasteiger partial charge on any atom is 0.308 e. The van der Waals surface area contributed by atoms with E-state index in [0.29, 0.717) is 24.5 Å². The van der Waals surface area contributed by atoms with Gasteiger partial charge in [-0.15, -0.1) is 0 Å². The van der Waals surface area contributed by atoms with E-state index in [-0.39, 0.29) is 11.9 Å². The molecule has 1 aromatic rings. The molecule has 0 radical (unpaired) electrons. The molecule has 0 unspecified atom stereocenters. The number of anilines is 2. The Bertz CT molecular complexity index is 942. The van der Waals surface area contributed by atoms with E-state index < -0.39 is 10.9 Å². The highest BCUT2D eigenvalue weighted by Crippen LogP contribution is 2.21. The van der Waals surface area contributed by atoms with Gasteiger partial charge in [0.15, 0.2) is 0 Å². The summed E-state index contributed by atoms with van der Waals surface area (Å²) in [6, 6.07) is 0. The number of hydrogen-bond acceptors (Lipinski definition) is 7. The van der Waals surface area contributed by atoms with Crippen LogP contribution in [-0.2, 0) is 9.53 Å². The van der Waals surface area contributed by atoms with Crippen molar-refractivity contribution in [1.29, 1.82) is 0 Å². The van der Waals surface area contributed by atoms with E-state index in [1.807, 2.05) is 0 Å². The van der Waals surface area contributed by atoms with Gasteiger partial charge in [0, 0.05) is 13.6 Å². The number of nitrogens with zero attached hydrogens (tertiary/aromatic N) is 1. The van der Waals surface area contributed by atoms with Crippen LogP contribution in [0.25, 0.3) is 0 Å². The molecule has 0 aliphatic rings. The van der Waals surface area contributed by atoms with Crippen LogP contribution in [0.1, 0.15) is 188 Å². The monoisotopic (exact) mass is 676 g/mol. The Morgan fingerprint density at radius 3 is 1.48 bits per heavy atom. The lowest BCUT2D eigenvalue weighted by molar-refractivity contribution is -0.149. The van der Waals surface area contributed by atoms with Gasteiger partial charge >= 0.3 is 5.97 Å². The van der Waals surface area contributed by atoms with Crippen molar-refractivity contribution in [2.45, 2.75) is 188 Å². The molecule has 0 saturated heterocycles. The lowest BCUT2D eigenvalue weighted by Crippen LogP contribution is -2.37. The van der Waals surface area contributed by atoms with Crippen LogP contribution in [-0.4, -0.2) is 50.7 Å². The van der Waals surface area contributed by atoms with Crippen LogP contribution in [0.15, 0.2) is 9.59 Å². The van der Waals surface area contributed by atoms with Gasteiger partial charge in [-0.05, 0) is 58.2 Å². The van der Waals surface area contributed by atoms with Crippen molar-refractivity contribution in [3.63, 3.8) is 0 Å². The first kappa shape index (κ1) is 44.1. The summed E-state index contributed by atoms with van der Waals surface area (Å²) in [6.07, 6.45) is 31.6. The molecule has 0 saturated carbocycles. The van der Waals surface area contributed by atoms with Gasteiger partial charge in [-0.2, -0.15) is 0 Å². The van der Waals surface area contributed by atoms with Crippen molar-refractivity contribution >= 4 is 17.3 Å². The Morgan fingerprint density at radius 1 is 0.562 bits per heavy atom. The molecule has 0 heterocycles. The minimum Gasteiger partial charge on any atom is -0.465 e. The van der Waals surface area contributed by atoms with Gasteiger partial charge in [0.1, 0.15) is 11.4 Å². The molecule has 0 fully saturated rings. The molecule has 0 atom stereocenters. The smallest absolute Gasteiger partial charge is 0.308 e. The van der Waals surface area contributed by atoms with E-state index in [2.05, 4.69) is 36.3 Å². The molecule has 7 heteroatoms. The number of hydrogen-bond donors (Lipinski definition) is 2. The third kappa shape index (κ3) is 21.3. The number of ether oxygens (including phenoxy) is 1. The standard InChI is InChI=1S/C41H77N3O4/c1-5-8-11-14-18-23-29-36(30-24-19-15-12-9-6-2)41(47)48-35-27-22-17-21-26-33-44(32-25-20-16-13-10-7-3)34-28-31-43-38-37(42-4)39(45)40(38)46/h36,42-43H,5-35H2,1-4H3. The average molecular weight is 676 g/mol. The topological polar surface area (TPSA) is 87.7 Å². The zero-order chi connectivity index (χ0) is 35.1. The summed E-state index contributed by atoms with van der Waals surface area (Å²) in [5, 5.41) is 6.01. The van der Waals surface area contributed by atoms with Gasteiger partial charge in [0.05, 0.1) is 12.5 Å². The molecule has 0 aliphatic heterocycles. The highest BCUT2D eigenvalue weighted by molar-refractivity contribution is 5.73. The molecule has 0 spiro atoms. The highest BCUT2D eigenvalue weighted by atomic mass is 16.5. The summed E-state index contributed by atoms with van der Waals surface area (Å²) in [7, 11) is 1.68. The minimum absolute atomic E-state index is 0.0590. The molecular weight excluding hydrogens is 598 g/mol. The second-order valence-corrected chi connectivity index (χ2v) is 14.3. The summed E-state index contributed by atoms with van der Waals surface area (Å²) in [6.45, 7) is 11.3. The van der Waals surface area contributed by atoms with E-state index in [0.717, 1.165) is 64.6 Å². The van der Waals surface area contributed by atoms with Crippen LogP contribution in [0.3, 0.4) is 0 Å². The van der Waals surface area contributed by atoms with Crippen LogP contribution in [0, 0.1) is 5.92 Å². The first-order valence-corrected chi connectivity index (χ1v) is 20.6. The molecule has 48 heavy (non-hydrogen) atoms.